The summed E-state index contributed by atoms with van der Waals surface area (Å²) >= 11 is 0. The Hall–Kier alpha value is -3.41. The number of esters is 3. The molecule has 0 amide bonds. The van der Waals surface area contributed by atoms with Gasteiger partial charge in [0.2, 0.25) is 0 Å². The lowest BCUT2D eigenvalue weighted by Crippen LogP contribution is -2.30. The first-order chi connectivity index (χ1) is 38.5. The Morgan fingerprint density at radius 3 is 0.897 bits per heavy atom. The highest BCUT2D eigenvalue weighted by molar-refractivity contribution is 5.72. The third-order valence-corrected chi connectivity index (χ3v) is 14.7. The molecule has 0 fully saturated rings. The summed E-state index contributed by atoms with van der Waals surface area (Å²) in [4.78, 5) is 38.3. The van der Waals surface area contributed by atoms with Gasteiger partial charge < -0.3 is 14.2 Å². The zero-order valence-corrected chi connectivity index (χ0v) is 51.7. The average Bonchev–Trinajstić information content (AvgIpc) is 3.44. The molecule has 0 aliphatic heterocycles. The maximum atomic E-state index is 12.9. The topological polar surface area (TPSA) is 78.9 Å². The predicted octanol–water partition coefficient (Wildman–Crippen LogP) is 23.1. The highest BCUT2D eigenvalue weighted by Gasteiger charge is 2.19. The van der Waals surface area contributed by atoms with Crippen molar-refractivity contribution < 1.29 is 28.6 Å². The maximum absolute atomic E-state index is 12.9. The molecule has 1 unspecified atom stereocenters. The quantitative estimate of drug-likeness (QED) is 0.0261. The summed E-state index contributed by atoms with van der Waals surface area (Å²) in [5.74, 6) is -1.02. The van der Waals surface area contributed by atoms with Gasteiger partial charge in [0.15, 0.2) is 6.10 Å². The zero-order chi connectivity index (χ0) is 56.4. The molecule has 450 valence electrons. The molecule has 0 radical (unpaired) electrons. The molecule has 1 atom stereocenters. The number of allylic oxidation sites excluding steroid dienone is 13. The van der Waals surface area contributed by atoms with E-state index < -0.39 is 12.1 Å². The maximum Gasteiger partial charge on any atom is 0.309 e. The van der Waals surface area contributed by atoms with E-state index in [0.717, 1.165) is 77.0 Å². The largest absolute Gasteiger partial charge is 0.462 e. The Morgan fingerprint density at radius 1 is 0.282 bits per heavy atom. The van der Waals surface area contributed by atoms with Crippen LogP contribution in [-0.4, -0.2) is 37.2 Å². The lowest BCUT2D eigenvalue weighted by Gasteiger charge is -2.18. The molecule has 0 N–H and O–H groups in total. The molecule has 0 aliphatic carbocycles. The van der Waals surface area contributed by atoms with Gasteiger partial charge in [-0.3, -0.25) is 14.4 Å². The van der Waals surface area contributed by atoms with Gasteiger partial charge in [-0.1, -0.05) is 324 Å². The molecule has 0 aromatic carbocycles. The van der Waals surface area contributed by atoms with Crippen molar-refractivity contribution >= 4 is 17.9 Å². The molecule has 0 aliphatic rings. The minimum Gasteiger partial charge on any atom is -0.462 e. The average molecular weight is 1090 g/mol. The molecule has 6 heteroatoms. The number of hydrogen-bond acceptors (Lipinski definition) is 6. The standard InChI is InChI=1S/C72H126O6/c1-4-7-10-13-16-19-22-25-28-30-32-34-35-36-37-38-40-41-44-47-50-53-56-59-62-65-71(74)77-68-69(67-76-70(73)64-61-58-55-52-49-46-43-27-24-21-18-15-12-9-6-3)78-72(75)66-63-60-57-54-51-48-45-42-39-33-31-29-26-23-20-17-14-11-8-5-2/h9,12,18,21-22,25,27,30,32,43,49,52,58,61,69H,4-8,10-11,13-17,19-20,23-24,26,28-29,31,33-42,44-48,50-51,53-57,59-60,62-68H2,1-3H3/b12-9-,21-18-,25-22-,32-30-,43-27-,52-49-,61-58-. The van der Waals surface area contributed by atoms with Crippen LogP contribution in [0.3, 0.4) is 0 Å². The number of rotatable bonds is 61. The van der Waals surface area contributed by atoms with Crippen LogP contribution in [0.2, 0.25) is 0 Å². The van der Waals surface area contributed by atoms with Crippen LogP contribution in [0.5, 0.6) is 0 Å². The van der Waals surface area contributed by atoms with E-state index in [9.17, 15) is 14.4 Å². The van der Waals surface area contributed by atoms with Crippen LogP contribution in [-0.2, 0) is 28.6 Å². The second-order valence-corrected chi connectivity index (χ2v) is 22.4. The molecule has 0 heterocycles. The Kier molecular flexibility index (Phi) is 63.2. The first-order valence-electron chi connectivity index (χ1n) is 33.6. The Balaban J connectivity index is 4.36. The first kappa shape index (κ1) is 74.6. The van der Waals surface area contributed by atoms with E-state index in [-0.39, 0.29) is 31.6 Å². The highest BCUT2D eigenvalue weighted by atomic mass is 16.6. The van der Waals surface area contributed by atoms with Gasteiger partial charge >= 0.3 is 17.9 Å². The molecule has 6 nitrogen and oxygen atoms in total. The minimum absolute atomic E-state index is 0.104. The monoisotopic (exact) mass is 1090 g/mol. The second-order valence-electron chi connectivity index (χ2n) is 22.4. The molecular formula is C72H126O6. The fraction of sp³-hybridized carbons (Fsp3) is 0.764. The van der Waals surface area contributed by atoms with Crippen LogP contribution in [0, 0.1) is 0 Å². The lowest BCUT2D eigenvalue weighted by atomic mass is 10.0. The number of hydrogen-bond donors (Lipinski definition) is 0. The summed E-state index contributed by atoms with van der Waals surface area (Å²) < 4.78 is 16.9. The summed E-state index contributed by atoms with van der Waals surface area (Å²) in [5.41, 5.74) is 0. The molecule has 0 spiro atoms. The summed E-state index contributed by atoms with van der Waals surface area (Å²) in [6.07, 6.45) is 87.7. The SMILES string of the molecule is CC/C=C\C/C=C\C/C=C\C/C=C\C/C=C\CC(=O)OCC(COC(=O)CCCCCCCCCCCCCCC/C=C\C/C=C\CCCCCCC)OC(=O)CCCCCCCCCCCCCCCCCCCCCC. The van der Waals surface area contributed by atoms with Crippen molar-refractivity contribution in [1.82, 2.24) is 0 Å². The van der Waals surface area contributed by atoms with Crippen LogP contribution in [0.1, 0.15) is 335 Å². The van der Waals surface area contributed by atoms with Gasteiger partial charge in [-0.2, -0.15) is 0 Å². The van der Waals surface area contributed by atoms with E-state index in [1.54, 1.807) is 6.08 Å². The van der Waals surface area contributed by atoms with Crippen molar-refractivity contribution in [3.8, 4) is 0 Å². The molecule has 0 rings (SSSR count). The van der Waals surface area contributed by atoms with Crippen LogP contribution in [0.4, 0.5) is 0 Å². The van der Waals surface area contributed by atoms with E-state index in [1.807, 2.05) is 6.08 Å². The molecule has 78 heavy (non-hydrogen) atoms. The molecule has 0 saturated heterocycles. The van der Waals surface area contributed by atoms with Crippen molar-refractivity contribution in [2.75, 3.05) is 13.2 Å². The van der Waals surface area contributed by atoms with Crippen molar-refractivity contribution in [3.63, 3.8) is 0 Å². The Labute approximate surface area is 484 Å². The van der Waals surface area contributed by atoms with Crippen molar-refractivity contribution in [2.45, 2.75) is 341 Å². The lowest BCUT2D eigenvalue weighted by molar-refractivity contribution is -0.166. The third kappa shape index (κ3) is 63.4. The fourth-order valence-corrected chi connectivity index (χ4v) is 9.67. The van der Waals surface area contributed by atoms with Crippen LogP contribution < -0.4 is 0 Å². The van der Waals surface area contributed by atoms with Crippen LogP contribution >= 0.6 is 0 Å². The summed E-state index contributed by atoms with van der Waals surface area (Å²) in [5, 5.41) is 0. The van der Waals surface area contributed by atoms with Crippen molar-refractivity contribution in [2.24, 2.45) is 0 Å². The number of carbonyl (C=O) groups is 3. The number of carbonyl (C=O) groups excluding carboxylic acids is 3. The number of ether oxygens (including phenoxy) is 3. The second kappa shape index (κ2) is 66.1. The van der Waals surface area contributed by atoms with E-state index in [1.165, 1.54) is 218 Å². The van der Waals surface area contributed by atoms with Crippen LogP contribution in [0.25, 0.3) is 0 Å². The van der Waals surface area contributed by atoms with Gasteiger partial charge in [0.05, 0.1) is 6.42 Å². The third-order valence-electron chi connectivity index (χ3n) is 14.7. The van der Waals surface area contributed by atoms with Gasteiger partial charge in [0.25, 0.3) is 0 Å². The Bertz CT molecular complexity index is 1480. The Morgan fingerprint density at radius 2 is 0.551 bits per heavy atom. The van der Waals surface area contributed by atoms with E-state index in [0.29, 0.717) is 12.8 Å². The van der Waals surface area contributed by atoms with Gasteiger partial charge in [0, 0.05) is 12.8 Å². The van der Waals surface area contributed by atoms with Crippen molar-refractivity contribution in [3.05, 3.63) is 85.1 Å². The highest BCUT2D eigenvalue weighted by Crippen LogP contribution is 2.17. The van der Waals surface area contributed by atoms with Gasteiger partial charge in [-0.15, -0.1) is 0 Å². The molecular weight excluding hydrogens is 961 g/mol. The van der Waals surface area contributed by atoms with Crippen LogP contribution in [0.15, 0.2) is 85.1 Å². The smallest absolute Gasteiger partial charge is 0.309 e. The summed E-state index contributed by atoms with van der Waals surface area (Å²) in [7, 11) is 0. The minimum atomic E-state index is -0.816. The zero-order valence-electron chi connectivity index (χ0n) is 51.7. The molecule has 0 aromatic heterocycles. The van der Waals surface area contributed by atoms with Gasteiger partial charge in [-0.25, -0.2) is 0 Å². The first-order valence-corrected chi connectivity index (χ1v) is 33.6. The van der Waals surface area contributed by atoms with Crippen molar-refractivity contribution in [1.29, 1.82) is 0 Å². The molecule has 0 bridgehead atoms. The van der Waals surface area contributed by atoms with Gasteiger partial charge in [-0.05, 0) is 77.0 Å². The van der Waals surface area contributed by atoms with E-state index in [4.69, 9.17) is 14.2 Å². The molecule has 0 aromatic rings. The molecule has 0 saturated carbocycles. The van der Waals surface area contributed by atoms with E-state index >= 15 is 0 Å². The van der Waals surface area contributed by atoms with Gasteiger partial charge in [0.1, 0.15) is 13.2 Å². The normalized spacial score (nSPS) is 12.6. The fourth-order valence-electron chi connectivity index (χ4n) is 9.67. The predicted molar refractivity (Wildman–Crippen MR) is 339 cm³/mol. The number of unbranched alkanes of at least 4 members (excludes halogenated alkanes) is 37. The summed E-state index contributed by atoms with van der Waals surface area (Å²) in [6.45, 7) is 6.48. The summed E-state index contributed by atoms with van der Waals surface area (Å²) in [6, 6.07) is 0. The van der Waals surface area contributed by atoms with E-state index in [2.05, 4.69) is 93.7 Å².